The van der Waals surface area contributed by atoms with Gasteiger partial charge in [-0.25, -0.2) is 4.98 Å². The molecule has 4 rings (SSSR count). The largest absolute Gasteiger partial charge is 0.356 e. The van der Waals surface area contributed by atoms with Crippen LogP contribution in [0.4, 0.5) is 5.82 Å². The summed E-state index contributed by atoms with van der Waals surface area (Å²) in [7, 11) is 0. The molecule has 0 atom stereocenters. The van der Waals surface area contributed by atoms with Crippen molar-refractivity contribution in [1.82, 2.24) is 20.4 Å². The number of benzene rings is 1. The molecule has 2 aromatic heterocycles. The van der Waals surface area contributed by atoms with Crippen LogP contribution in [0.2, 0.25) is 0 Å². The van der Waals surface area contributed by atoms with Crippen molar-refractivity contribution in [2.75, 3.05) is 24.2 Å². The first-order chi connectivity index (χ1) is 15.2. The lowest BCUT2D eigenvalue weighted by Gasteiger charge is -2.28. The van der Waals surface area contributed by atoms with E-state index in [2.05, 4.69) is 45.7 Å². The van der Waals surface area contributed by atoms with Crippen molar-refractivity contribution in [3.8, 4) is 0 Å². The number of fused-ring (bicyclic) bond motifs is 1. The first kappa shape index (κ1) is 21.6. The highest BCUT2D eigenvalue weighted by Crippen LogP contribution is 2.30. The third-order valence-electron chi connectivity index (χ3n) is 5.65. The van der Waals surface area contributed by atoms with E-state index < -0.39 is 0 Å². The Kier molecular flexibility index (Phi) is 7.06. The first-order valence-electron chi connectivity index (χ1n) is 11.0. The maximum absolute atomic E-state index is 12.4. The molecular weight excluding hydrogens is 410 g/mol. The molecule has 0 radical (unpaired) electrons. The zero-order valence-electron chi connectivity index (χ0n) is 18.2. The van der Waals surface area contributed by atoms with Gasteiger partial charge in [0.2, 0.25) is 5.91 Å². The van der Waals surface area contributed by atoms with Crippen LogP contribution in [0.5, 0.6) is 0 Å². The molecule has 1 N–H and O–H groups in total. The van der Waals surface area contributed by atoms with Crippen molar-refractivity contribution in [3.05, 3.63) is 41.3 Å². The number of aromatic nitrogens is 3. The van der Waals surface area contributed by atoms with Crippen molar-refractivity contribution in [1.29, 1.82) is 0 Å². The Balaban J connectivity index is 1.43. The van der Waals surface area contributed by atoms with Gasteiger partial charge in [0.25, 0.3) is 5.71 Å². The van der Waals surface area contributed by atoms with E-state index in [1.807, 2.05) is 12.1 Å². The predicted molar refractivity (Wildman–Crippen MR) is 123 cm³/mol. The monoisotopic (exact) mass is 439 g/mol. The summed E-state index contributed by atoms with van der Waals surface area (Å²) in [6.07, 6.45) is 7.20. The Hall–Kier alpha value is -2.61. The Morgan fingerprint density at radius 1 is 1.16 bits per heavy atom. The highest BCUT2D eigenvalue weighted by molar-refractivity contribution is 7.98. The van der Waals surface area contributed by atoms with Gasteiger partial charge in [-0.15, -0.1) is 11.8 Å². The van der Waals surface area contributed by atoms with Gasteiger partial charge in [-0.2, -0.15) is 4.98 Å². The van der Waals surface area contributed by atoms with Gasteiger partial charge in [0.05, 0.1) is 5.69 Å². The summed E-state index contributed by atoms with van der Waals surface area (Å²) in [5.41, 5.74) is 2.51. The molecule has 0 spiro atoms. The fourth-order valence-electron chi connectivity index (χ4n) is 3.88. The Labute approximate surface area is 187 Å². The Morgan fingerprint density at radius 2 is 1.94 bits per heavy atom. The smallest absolute Gasteiger partial charge is 0.263 e. The van der Waals surface area contributed by atoms with Gasteiger partial charge in [0.1, 0.15) is 17.0 Å². The lowest BCUT2D eigenvalue weighted by atomic mass is 10.1. The van der Waals surface area contributed by atoms with Crippen LogP contribution in [0.15, 0.2) is 33.7 Å². The number of thioether (sulfide) groups is 1. The van der Waals surface area contributed by atoms with Crippen molar-refractivity contribution in [3.63, 3.8) is 0 Å². The minimum atomic E-state index is -0.0102. The molecular formula is C23H29N5O2S. The summed E-state index contributed by atoms with van der Waals surface area (Å²) in [6.45, 7) is 4.55. The van der Waals surface area contributed by atoms with Crippen LogP contribution in [-0.2, 0) is 24.2 Å². The molecule has 1 aromatic carbocycles. The lowest BCUT2D eigenvalue weighted by molar-refractivity contribution is -0.121. The average Bonchev–Trinajstić information content (AvgIpc) is 3.25. The molecule has 8 heteroatoms. The molecule has 164 valence electrons. The quantitative estimate of drug-likeness (QED) is 0.528. The fourth-order valence-corrected chi connectivity index (χ4v) is 4.29. The van der Waals surface area contributed by atoms with Crippen molar-refractivity contribution in [2.45, 2.75) is 56.9 Å². The van der Waals surface area contributed by atoms with Crippen LogP contribution < -0.4 is 10.2 Å². The first-order valence-corrected chi connectivity index (χ1v) is 12.2. The van der Waals surface area contributed by atoms with Gasteiger partial charge in [0, 0.05) is 37.4 Å². The zero-order valence-corrected chi connectivity index (χ0v) is 19.0. The van der Waals surface area contributed by atoms with Gasteiger partial charge in [-0.1, -0.05) is 24.2 Å². The second-order valence-electron chi connectivity index (χ2n) is 7.80. The number of hydrogen-bond acceptors (Lipinski definition) is 7. The molecule has 0 aliphatic carbocycles. The molecule has 1 aliphatic heterocycles. The van der Waals surface area contributed by atoms with Gasteiger partial charge >= 0.3 is 0 Å². The van der Waals surface area contributed by atoms with Crippen molar-refractivity contribution < 1.29 is 9.32 Å². The number of nitrogens with zero attached hydrogens (tertiary/aromatic N) is 4. The van der Waals surface area contributed by atoms with Gasteiger partial charge in [-0.3, -0.25) is 4.79 Å². The van der Waals surface area contributed by atoms with Gasteiger partial charge < -0.3 is 14.7 Å². The van der Waals surface area contributed by atoms with E-state index in [0.29, 0.717) is 30.9 Å². The van der Waals surface area contributed by atoms with Crippen molar-refractivity contribution in [2.24, 2.45) is 0 Å². The summed E-state index contributed by atoms with van der Waals surface area (Å²) in [5, 5.41) is 8.11. The topological polar surface area (TPSA) is 84.1 Å². The number of carbonyl (C=O) groups excluding carboxylic acids is 1. The normalized spacial score (nSPS) is 14.2. The minimum absolute atomic E-state index is 0.0102. The number of piperidine rings is 1. The standard InChI is InChI=1S/C23H29N5O2S/c1-3-18-21-22(28-13-5-4-6-14-28)25-19(26-23(21)30-27-18)11-12-20(29)24-15-16-7-9-17(31-2)10-8-16/h7-10H,3-6,11-15H2,1-2H3,(H,24,29). The van der Waals surface area contributed by atoms with Crippen LogP contribution in [0, 0.1) is 0 Å². The van der Waals surface area contributed by atoms with E-state index in [9.17, 15) is 4.79 Å². The third kappa shape index (κ3) is 5.18. The summed E-state index contributed by atoms with van der Waals surface area (Å²) in [4.78, 5) is 25.3. The van der Waals surface area contributed by atoms with Crippen molar-refractivity contribution >= 4 is 34.6 Å². The summed E-state index contributed by atoms with van der Waals surface area (Å²) < 4.78 is 5.51. The van der Waals surface area contributed by atoms with Crippen LogP contribution >= 0.6 is 11.8 Å². The molecule has 31 heavy (non-hydrogen) atoms. The molecule has 0 unspecified atom stereocenters. The van der Waals surface area contributed by atoms with Crippen LogP contribution in [0.1, 0.15) is 49.7 Å². The van der Waals surface area contributed by atoms with Crippen LogP contribution in [0.25, 0.3) is 11.1 Å². The van der Waals surface area contributed by atoms with Crippen LogP contribution in [-0.4, -0.2) is 40.4 Å². The minimum Gasteiger partial charge on any atom is -0.356 e. The SMILES string of the molecule is CCc1noc2nc(CCC(=O)NCc3ccc(SC)cc3)nc(N3CCCCC3)c12. The number of anilines is 1. The second kappa shape index (κ2) is 10.1. The second-order valence-corrected chi connectivity index (χ2v) is 8.68. The van der Waals surface area contributed by atoms with Gasteiger partial charge in [-0.05, 0) is 49.6 Å². The number of rotatable bonds is 8. The van der Waals surface area contributed by atoms with E-state index in [-0.39, 0.29) is 5.91 Å². The molecule has 0 saturated carbocycles. The molecule has 1 aliphatic rings. The van der Waals surface area contributed by atoms with Gasteiger partial charge in [0.15, 0.2) is 0 Å². The number of amides is 1. The number of aryl methyl sites for hydroxylation is 2. The molecule has 1 fully saturated rings. The third-order valence-corrected chi connectivity index (χ3v) is 6.39. The molecule has 1 saturated heterocycles. The van der Waals surface area contributed by atoms with E-state index in [1.165, 1.54) is 11.3 Å². The Morgan fingerprint density at radius 3 is 2.65 bits per heavy atom. The van der Waals surface area contributed by atoms with E-state index in [0.717, 1.165) is 54.8 Å². The molecule has 1 amide bonds. The maximum atomic E-state index is 12.4. The highest BCUT2D eigenvalue weighted by atomic mass is 32.2. The number of carbonyl (C=O) groups is 1. The Bertz CT molecular complexity index is 1030. The summed E-state index contributed by atoms with van der Waals surface area (Å²) >= 11 is 1.71. The van der Waals surface area contributed by atoms with E-state index in [4.69, 9.17) is 9.51 Å². The zero-order chi connectivity index (χ0) is 21.6. The number of nitrogens with one attached hydrogen (secondary N) is 1. The predicted octanol–water partition coefficient (Wildman–Crippen LogP) is 4.14. The average molecular weight is 440 g/mol. The lowest BCUT2D eigenvalue weighted by Crippen LogP contribution is -2.31. The molecule has 0 bridgehead atoms. The highest BCUT2D eigenvalue weighted by Gasteiger charge is 2.22. The summed E-state index contributed by atoms with van der Waals surface area (Å²) in [6, 6.07) is 8.23. The molecule has 3 heterocycles. The molecule has 3 aromatic rings. The summed E-state index contributed by atoms with van der Waals surface area (Å²) in [5.74, 6) is 1.53. The molecule has 7 nitrogen and oxygen atoms in total. The van der Waals surface area contributed by atoms with E-state index in [1.54, 1.807) is 11.8 Å². The maximum Gasteiger partial charge on any atom is 0.263 e. The van der Waals surface area contributed by atoms with E-state index >= 15 is 0 Å². The van der Waals surface area contributed by atoms with Crippen LogP contribution in [0.3, 0.4) is 0 Å². The number of hydrogen-bond donors (Lipinski definition) is 1. The fraction of sp³-hybridized carbons (Fsp3) is 0.478.